The molecule has 1 nitrogen and oxygen atoms in total. The van der Waals surface area contributed by atoms with Gasteiger partial charge < -0.3 is 0 Å². The van der Waals surface area contributed by atoms with E-state index < -0.39 is 21.6 Å². The van der Waals surface area contributed by atoms with Gasteiger partial charge in [0, 0.05) is 0 Å². The fourth-order valence-corrected chi connectivity index (χ4v) is 8.99. The van der Waals surface area contributed by atoms with Crippen LogP contribution in [0.15, 0.2) is 0 Å². The molecule has 0 aromatic rings. The topological polar surface area (TPSA) is 9.23 Å². The summed E-state index contributed by atoms with van der Waals surface area (Å²) >= 11 is -1.90. The maximum absolute atomic E-state index is 6.33. The molecule has 1 rings (SSSR count). The van der Waals surface area contributed by atoms with E-state index in [9.17, 15) is 0 Å². The maximum atomic E-state index is 6.33. The van der Waals surface area contributed by atoms with E-state index in [1.54, 1.807) is 0 Å². The number of halogens is 3. The Bertz CT molecular complexity index is 215. The summed E-state index contributed by atoms with van der Waals surface area (Å²) in [6.45, 7) is 0.881. The Morgan fingerprint density at radius 1 is 1.23 bits per heavy atom. The van der Waals surface area contributed by atoms with Crippen LogP contribution in [0.4, 0.5) is 0 Å². The molecule has 1 aliphatic heterocycles. The third-order valence-electron chi connectivity index (χ3n) is 2.57. The van der Waals surface area contributed by atoms with Gasteiger partial charge in [-0.1, -0.05) is 0 Å². The number of hydrogen-bond acceptors (Lipinski definition) is 1. The fourth-order valence-electron chi connectivity index (χ4n) is 1.44. The van der Waals surface area contributed by atoms with Crippen LogP contribution in [0, 0.1) is 0 Å². The van der Waals surface area contributed by atoms with E-state index in [-0.39, 0.29) is 0 Å². The number of hydrogen-bond donors (Lipinski definition) is 0. The van der Waals surface area contributed by atoms with E-state index in [0.29, 0.717) is 5.44 Å². The molecule has 0 saturated carbocycles. The third kappa shape index (κ3) is 2.25. The quantitative estimate of drug-likeness (QED) is 0.669. The predicted octanol–water partition coefficient (Wildman–Crippen LogP) is 4.25. The molecular formula is C8H19Cl2IOS. The average Bonchev–Trinajstić information content (AvgIpc) is 2.34. The van der Waals surface area contributed by atoms with Crippen molar-refractivity contribution in [2.24, 2.45) is 0 Å². The summed E-state index contributed by atoms with van der Waals surface area (Å²) < 4.78 is 5.81. The van der Waals surface area contributed by atoms with Crippen LogP contribution < -0.4 is 0 Å². The van der Waals surface area contributed by atoms with E-state index >= 15 is 0 Å². The van der Waals surface area contributed by atoms with E-state index in [1.807, 2.05) is 0 Å². The summed E-state index contributed by atoms with van der Waals surface area (Å²) in [5.74, 6) is 0. The van der Waals surface area contributed by atoms with Gasteiger partial charge in [-0.3, -0.25) is 0 Å². The zero-order valence-electron chi connectivity index (χ0n) is 8.65. The second kappa shape index (κ2) is 3.06. The van der Waals surface area contributed by atoms with Crippen LogP contribution in [0.3, 0.4) is 0 Å². The molecule has 1 unspecified atom stereocenters. The fraction of sp³-hybridized carbons (Fsp3) is 1.00. The van der Waals surface area contributed by atoms with Gasteiger partial charge in [0.25, 0.3) is 0 Å². The van der Waals surface area contributed by atoms with Crippen molar-refractivity contribution < 1.29 is 4.74 Å². The Kier molecular flexibility index (Phi) is 2.99. The predicted molar refractivity (Wildman–Crippen MR) is 76.0 cm³/mol. The first kappa shape index (κ1) is 12.7. The van der Waals surface area contributed by atoms with Crippen molar-refractivity contribution >= 4 is 39.5 Å². The van der Waals surface area contributed by atoms with E-state index in [4.69, 9.17) is 22.6 Å². The van der Waals surface area contributed by atoms with Crippen molar-refractivity contribution in [3.63, 3.8) is 0 Å². The van der Waals surface area contributed by atoms with Crippen LogP contribution in [0.1, 0.15) is 12.8 Å². The van der Waals surface area contributed by atoms with E-state index in [0.717, 1.165) is 19.4 Å². The van der Waals surface area contributed by atoms with Gasteiger partial charge in [-0.05, 0) is 0 Å². The van der Waals surface area contributed by atoms with E-state index in [1.165, 1.54) is 0 Å². The van der Waals surface area contributed by atoms with Crippen molar-refractivity contribution in [1.29, 1.82) is 0 Å². The molecule has 0 spiro atoms. The van der Waals surface area contributed by atoms with Gasteiger partial charge in [-0.15, -0.1) is 0 Å². The van der Waals surface area contributed by atoms with Gasteiger partial charge in [0.05, 0.1) is 0 Å². The number of ether oxygens (including phenoxy) is 1. The molecule has 1 fully saturated rings. The zero-order chi connectivity index (χ0) is 10.4. The second-order valence-electron chi connectivity index (χ2n) is 5.71. The Balaban J connectivity index is 3.06. The summed E-state index contributed by atoms with van der Waals surface area (Å²) in [7, 11) is 12.7. The van der Waals surface area contributed by atoms with Crippen molar-refractivity contribution in [3.05, 3.63) is 0 Å². The van der Waals surface area contributed by atoms with Crippen LogP contribution in [0.5, 0.6) is 0 Å². The van der Waals surface area contributed by atoms with Gasteiger partial charge in [0.15, 0.2) is 0 Å². The molecule has 84 valence electrons. The summed E-state index contributed by atoms with van der Waals surface area (Å²) in [4.78, 5) is 0. The van der Waals surface area contributed by atoms with Crippen LogP contribution in [0.25, 0.3) is 0 Å². The van der Waals surface area contributed by atoms with Crippen molar-refractivity contribution in [2.75, 3.05) is 31.6 Å². The molecule has 0 radical (unpaired) electrons. The molecule has 13 heavy (non-hydrogen) atoms. The molecule has 0 aromatic heterocycles. The van der Waals surface area contributed by atoms with Gasteiger partial charge in [0.1, 0.15) is 0 Å². The first-order valence-electron chi connectivity index (χ1n) is 4.24. The summed E-state index contributed by atoms with van der Waals surface area (Å²) in [5, 5.41) is 0. The molecule has 0 bridgehead atoms. The summed E-state index contributed by atoms with van der Waals surface area (Å²) in [6.07, 6.45) is 11.4. The van der Waals surface area contributed by atoms with Crippen LogP contribution in [-0.4, -0.2) is 37.1 Å². The third-order valence-corrected chi connectivity index (χ3v) is 38.6. The monoisotopic (exact) mass is 360 g/mol. The molecule has 1 atom stereocenters. The Morgan fingerprint density at radius 3 is 2.08 bits per heavy atom. The van der Waals surface area contributed by atoms with Crippen molar-refractivity contribution in [2.45, 2.75) is 18.3 Å². The SMILES string of the molecule is CS(C)(C)(C)(C1CCCO1)I(Cl)Cl. The van der Waals surface area contributed by atoms with Crippen LogP contribution in [-0.2, 0) is 4.74 Å². The minimum absolute atomic E-state index is 0.320. The molecule has 1 saturated heterocycles. The van der Waals surface area contributed by atoms with Gasteiger partial charge >= 0.3 is 94.1 Å². The number of rotatable bonds is 2. The molecule has 0 N–H and O–H groups in total. The van der Waals surface area contributed by atoms with Gasteiger partial charge in [-0.2, -0.15) is 0 Å². The molecule has 0 amide bonds. The molecule has 1 aliphatic rings. The average molecular weight is 361 g/mol. The molecule has 0 aliphatic carbocycles. The van der Waals surface area contributed by atoms with Crippen molar-refractivity contribution in [3.8, 4) is 0 Å². The van der Waals surface area contributed by atoms with Crippen LogP contribution >= 0.6 is 39.5 Å². The molecular weight excluding hydrogens is 342 g/mol. The zero-order valence-corrected chi connectivity index (χ0v) is 13.1. The summed E-state index contributed by atoms with van der Waals surface area (Å²) in [5.41, 5.74) is -1.97. The molecule has 5 heteroatoms. The van der Waals surface area contributed by atoms with Gasteiger partial charge in [0.2, 0.25) is 0 Å². The Hall–Kier alpha value is 1.62. The van der Waals surface area contributed by atoms with E-state index in [2.05, 4.69) is 25.0 Å². The Morgan fingerprint density at radius 2 is 1.77 bits per heavy atom. The first-order chi connectivity index (χ1) is 5.58. The normalized spacial score (nSPS) is 30.9. The van der Waals surface area contributed by atoms with Gasteiger partial charge in [-0.25, -0.2) is 0 Å². The molecule has 1 heterocycles. The Labute approximate surface area is 93.4 Å². The van der Waals surface area contributed by atoms with Crippen LogP contribution in [0.2, 0.25) is 0 Å². The van der Waals surface area contributed by atoms with Crippen molar-refractivity contribution in [1.82, 2.24) is 0 Å². The summed E-state index contributed by atoms with van der Waals surface area (Å²) in [6, 6.07) is 0. The molecule has 0 aromatic carbocycles. The second-order valence-corrected chi connectivity index (χ2v) is 36.7. The standard InChI is InChI=1S/C8H19Cl2IOS/c1-13(2,3,4,11(9)10)8-6-5-7-12-8/h8H,5-7H2,1-4H3. The minimum atomic E-state index is -2.29. The first-order valence-corrected chi connectivity index (χ1v) is 16.4.